The van der Waals surface area contributed by atoms with E-state index in [0.717, 1.165) is 43.4 Å². The van der Waals surface area contributed by atoms with E-state index in [1.165, 1.54) is 5.69 Å². The average Bonchev–Trinajstić information content (AvgIpc) is 2.68. The molecule has 1 unspecified atom stereocenters. The molecule has 0 bridgehead atoms. The number of hydrogen-bond acceptors (Lipinski definition) is 5. The number of ether oxygens (including phenoxy) is 1. The number of benzene rings is 2. The average molecular weight is 359 g/mol. The van der Waals surface area contributed by atoms with Crippen molar-refractivity contribution in [2.24, 2.45) is 0 Å². The van der Waals surface area contributed by atoms with E-state index >= 15 is 0 Å². The van der Waals surface area contributed by atoms with Crippen molar-refractivity contribution in [1.29, 1.82) is 0 Å². The summed E-state index contributed by atoms with van der Waals surface area (Å²) in [5, 5.41) is 10.4. The van der Waals surface area contributed by atoms with E-state index in [0.29, 0.717) is 5.75 Å². The lowest BCUT2D eigenvalue weighted by molar-refractivity contribution is 0.126. The number of anilines is 1. The molecule has 0 amide bonds. The lowest BCUT2D eigenvalue weighted by Crippen LogP contribution is -2.48. The van der Waals surface area contributed by atoms with Crippen LogP contribution in [0.3, 0.4) is 0 Å². The highest BCUT2D eigenvalue weighted by atomic mass is 32.2. The van der Waals surface area contributed by atoms with Gasteiger partial charge in [0.1, 0.15) is 5.75 Å². The first-order valence-electron chi connectivity index (χ1n) is 8.72. The second kappa shape index (κ2) is 9.13. The summed E-state index contributed by atoms with van der Waals surface area (Å²) >= 11 is 1.65. The fraction of sp³-hybridized carbons (Fsp3) is 0.400. The van der Waals surface area contributed by atoms with Gasteiger partial charge >= 0.3 is 0 Å². The van der Waals surface area contributed by atoms with Crippen molar-refractivity contribution in [1.82, 2.24) is 4.90 Å². The Hall–Kier alpha value is -1.69. The maximum absolute atomic E-state index is 10.4. The monoisotopic (exact) mass is 358 g/mol. The van der Waals surface area contributed by atoms with Crippen LogP contribution in [0.15, 0.2) is 59.5 Å². The summed E-state index contributed by atoms with van der Waals surface area (Å²) in [6, 6.07) is 18.5. The Kier molecular flexibility index (Phi) is 6.62. The molecular weight excluding hydrogens is 332 g/mol. The lowest BCUT2D eigenvalue weighted by Gasteiger charge is -2.36. The Morgan fingerprint density at radius 3 is 2.40 bits per heavy atom. The molecule has 25 heavy (non-hydrogen) atoms. The summed E-state index contributed by atoms with van der Waals surface area (Å²) in [5.74, 6) is 1.55. The number of rotatable bonds is 7. The van der Waals surface area contributed by atoms with E-state index in [-0.39, 0.29) is 6.10 Å². The molecule has 3 rings (SSSR count). The van der Waals surface area contributed by atoms with E-state index in [1.54, 1.807) is 18.9 Å². The zero-order valence-electron chi connectivity index (χ0n) is 14.7. The van der Waals surface area contributed by atoms with Gasteiger partial charge in [0.05, 0.1) is 13.2 Å². The first kappa shape index (κ1) is 18.1. The second-order valence-corrected chi connectivity index (χ2v) is 7.30. The third kappa shape index (κ3) is 5.14. The number of piperazine rings is 1. The lowest BCUT2D eigenvalue weighted by atomic mass is 10.2. The third-order valence-electron chi connectivity index (χ3n) is 4.46. The first-order chi connectivity index (χ1) is 12.3. The van der Waals surface area contributed by atoms with Gasteiger partial charge in [-0.1, -0.05) is 30.3 Å². The van der Waals surface area contributed by atoms with Crippen molar-refractivity contribution in [3.63, 3.8) is 0 Å². The van der Waals surface area contributed by atoms with Gasteiger partial charge in [-0.15, -0.1) is 11.8 Å². The van der Waals surface area contributed by atoms with E-state index < -0.39 is 0 Å². The Labute approximate surface area is 154 Å². The first-order valence-corrected chi connectivity index (χ1v) is 9.71. The van der Waals surface area contributed by atoms with Gasteiger partial charge in [0, 0.05) is 49.1 Å². The summed E-state index contributed by atoms with van der Waals surface area (Å²) in [6.07, 6.45) is -0.335. The molecule has 1 fully saturated rings. The van der Waals surface area contributed by atoms with Crippen LogP contribution >= 0.6 is 11.8 Å². The van der Waals surface area contributed by atoms with E-state index in [9.17, 15) is 5.11 Å². The van der Waals surface area contributed by atoms with Gasteiger partial charge in [-0.25, -0.2) is 0 Å². The number of aliphatic hydroxyl groups excluding tert-OH is 1. The Morgan fingerprint density at radius 1 is 1.00 bits per heavy atom. The number of β-amino-alcohol motifs (C(OH)–C–C–N with tert-alkyl or cyclic N) is 1. The summed E-state index contributed by atoms with van der Waals surface area (Å²) in [6.45, 7) is 4.73. The molecule has 134 valence electrons. The van der Waals surface area contributed by atoms with Gasteiger partial charge in [-0.05, 0) is 24.3 Å². The van der Waals surface area contributed by atoms with Crippen molar-refractivity contribution in [3.05, 3.63) is 54.6 Å². The molecule has 1 aliphatic heterocycles. The number of para-hydroxylation sites is 2. The number of methoxy groups -OCH3 is 1. The molecule has 0 spiro atoms. The van der Waals surface area contributed by atoms with Crippen LogP contribution in [0.2, 0.25) is 0 Å². The quantitative estimate of drug-likeness (QED) is 0.770. The maximum atomic E-state index is 10.4. The van der Waals surface area contributed by atoms with Gasteiger partial charge in [0.15, 0.2) is 0 Å². The Balaban J connectivity index is 1.43. The van der Waals surface area contributed by atoms with Gasteiger partial charge in [0.2, 0.25) is 0 Å². The summed E-state index contributed by atoms with van der Waals surface area (Å²) in [7, 11) is 1.68. The minimum atomic E-state index is -0.335. The smallest absolute Gasteiger partial charge is 0.132 e. The fourth-order valence-corrected chi connectivity index (χ4v) is 4.05. The number of thioether (sulfide) groups is 1. The standard InChI is InChI=1S/C20H26N2O2S/c1-24-19-9-5-6-10-20(19)25-16-18(23)15-21-11-13-22(14-12-21)17-7-3-2-4-8-17/h2-10,18,23H,11-16H2,1H3. The summed E-state index contributed by atoms with van der Waals surface area (Å²) in [4.78, 5) is 5.84. The minimum absolute atomic E-state index is 0.335. The molecule has 1 aliphatic rings. The second-order valence-electron chi connectivity index (χ2n) is 6.24. The van der Waals surface area contributed by atoms with Crippen LogP contribution in [0.1, 0.15) is 0 Å². The number of hydrogen-bond donors (Lipinski definition) is 1. The Morgan fingerprint density at radius 2 is 1.68 bits per heavy atom. The molecule has 0 radical (unpaired) electrons. The normalized spacial score (nSPS) is 16.6. The molecular formula is C20H26N2O2S. The number of aliphatic hydroxyl groups is 1. The van der Waals surface area contributed by atoms with E-state index in [1.807, 2.05) is 24.3 Å². The molecule has 1 heterocycles. The van der Waals surface area contributed by atoms with Gasteiger partial charge in [-0.3, -0.25) is 4.90 Å². The van der Waals surface area contributed by atoms with E-state index in [4.69, 9.17) is 4.74 Å². The van der Waals surface area contributed by atoms with Crippen LogP contribution in [0.25, 0.3) is 0 Å². The number of nitrogens with zero attached hydrogens (tertiary/aromatic N) is 2. The maximum Gasteiger partial charge on any atom is 0.132 e. The molecule has 4 nitrogen and oxygen atoms in total. The van der Waals surface area contributed by atoms with E-state index in [2.05, 4.69) is 40.1 Å². The summed E-state index contributed by atoms with van der Waals surface area (Å²) < 4.78 is 5.36. The topological polar surface area (TPSA) is 35.9 Å². The van der Waals surface area contributed by atoms with Crippen molar-refractivity contribution >= 4 is 17.4 Å². The highest BCUT2D eigenvalue weighted by molar-refractivity contribution is 7.99. The zero-order chi connectivity index (χ0) is 17.5. The minimum Gasteiger partial charge on any atom is -0.496 e. The molecule has 1 saturated heterocycles. The van der Waals surface area contributed by atoms with Crippen LogP contribution in [0, 0.1) is 0 Å². The van der Waals surface area contributed by atoms with Crippen molar-refractivity contribution in [2.45, 2.75) is 11.0 Å². The van der Waals surface area contributed by atoms with Gasteiger partial charge < -0.3 is 14.7 Å². The van der Waals surface area contributed by atoms with Crippen LogP contribution in [-0.4, -0.2) is 61.7 Å². The molecule has 5 heteroatoms. The predicted molar refractivity (Wildman–Crippen MR) is 105 cm³/mol. The van der Waals surface area contributed by atoms with Crippen molar-refractivity contribution in [2.75, 3.05) is 50.5 Å². The largest absolute Gasteiger partial charge is 0.496 e. The molecule has 1 atom stereocenters. The third-order valence-corrected chi connectivity index (χ3v) is 5.66. The SMILES string of the molecule is COc1ccccc1SCC(O)CN1CCN(c2ccccc2)CC1. The van der Waals surface area contributed by atoms with Crippen molar-refractivity contribution in [3.8, 4) is 5.75 Å². The molecule has 0 saturated carbocycles. The molecule has 0 aromatic heterocycles. The van der Waals surface area contributed by atoms with Gasteiger partial charge in [-0.2, -0.15) is 0 Å². The Bertz CT molecular complexity index is 645. The van der Waals surface area contributed by atoms with Crippen molar-refractivity contribution < 1.29 is 9.84 Å². The predicted octanol–water partition coefficient (Wildman–Crippen LogP) is 2.97. The summed E-state index contributed by atoms with van der Waals surface area (Å²) in [5.41, 5.74) is 1.29. The van der Waals surface area contributed by atoms with Crippen LogP contribution in [0.4, 0.5) is 5.69 Å². The van der Waals surface area contributed by atoms with Crippen LogP contribution < -0.4 is 9.64 Å². The molecule has 2 aromatic rings. The zero-order valence-corrected chi connectivity index (χ0v) is 15.5. The molecule has 0 aliphatic carbocycles. The molecule has 2 aromatic carbocycles. The van der Waals surface area contributed by atoms with Crippen LogP contribution in [-0.2, 0) is 0 Å². The van der Waals surface area contributed by atoms with Crippen LogP contribution in [0.5, 0.6) is 5.75 Å². The van der Waals surface area contributed by atoms with Gasteiger partial charge in [0.25, 0.3) is 0 Å². The highest BCUT2D eigenvalue weighted by Crippen LogP contribution is 2.29. The molecule has 1 N–H and O–H groups in total. The highest BCUT2D eigenvalue weighted by Gasteiger charge is 2.19. The fourth-order valence-electron chi connectivity index (χ4n) is 3.10.